The predicted molar refractivity (Wildman–Crippen MR) is 76.7 cm³/mol. The summed E-state index contributed by atoms with van der Waals surface area (Å²) in [6.45, 7) is 4.37. The Morgan fingerprint density at radius 3 is 2.88 bits per heavy atom. The Morgan fingerprint density at radius 1 is 1.29 bits per heavy atom. The van der Waals surface area contributed by atoms with Crippen LogP contribution in [0.15, 0.2) is 48.6 Å². The first kappa shape index (κ1) is 11.9. The monoisotopic (exact) mass is 224 g/mol. The molecule has 0 unspecified atom stereocenters. The van der Waals surface area contributed by atoms with Gasteiger partial charge in [0, 0.05) is 0 Å². The van der Waals surface area contributed by atoms with Gasteiger partial charge >= 0.3 is 0 Å². The summed E-state index contributed by atoms with van der Waals surface area (Å²) in [7, 11) is 0. The highest BCUT2D eigenvalue weighted by atomic mass is 14.1. The maximum absolute atomic E-state index is 2.33. The average Bonchev–Trinajstić information content (AvgIpc) is 2.40. The molecule has 0 heterocycles. The average molecular weight is 224 g/mol. The number of allylic oxidation sites excluding steroid dienone is 6. The fourth-order valence-corrected chi connectivity index (χ4v) is 2.20. The highest BCUT2D eigenvalue weighted by Crippen LogP contribution is 2.24. The van der Waals surface area contributed by atoms with Crippen LogP contribution in [-0.4, -0.2) is 0 Å². The third-order valence-corrected chi connectivity index (χ3v) is 3.16. The summed E-state index contributed by atoms with van der Waals surface area (Å²) in [6.07, 6.45) is 12.6. The Bertz CT molecular complexity index is 473. The standard InChI is InChI=1S/C17H20/c1-3-8-14(2)16-11-7-12-17(13-16)15-9-5-4-6-10-15/h5,7-13H,3-4,6H2,1-2H3/b14-8+. The fourth-order valence-electron chi connectivity index (χ4n) is 2.20. The van der Waals surface area contributed by atoms with Crippen LogP contribution in [0.2, 0.25) is 0 Å². The van der Waals surface area contributed by atoms with Crippen molar-refractivity contribution in [2.24, 2.45) is 0 Å². The van der Waals surface area contributed by atoms with E-state index < -0.39 is 0 Å². The minimum absolute atomic E-state index is 1.10. The van der Waals surface area contributed by atoms with E-state index in [1.807, 2.05) is 0 Å². The van der Waals surface area contributed by atoms with Crippen molar-refractivity contribution in [3.63, 3.8) is 0 Å². The third kappa shape index (κ3) is 2.97. The summed E-state index contributed by atoms with van der Waals surface area (Å²) in [5, 5.41) is 0. The quantitative estimate of drug-likeness (QED) is 0.659. The molecule has 0 aliphatic heterocycles. The van der Waals surface area contributed by atoms with Crippen molar-refractivity contribution in [1.29, 1.82) is 0 Å². The van der Waals surface area contributed by atoms with E-state index in [1.54, 1.807) is 0 Å². The van der Waals surface area contributed by atoms with Gasteiger partial charge in [-0.1, -0.05) is 49.4 Å². The molecule has 0 fully saturated rings. The Morgan fingerprint density at radius 2 is 2.18 bits per heavy atom. The first-order chi connectivity index (χ1) is 8.31. The molecule has 17 heavy (non-hydrogen) atoms. The van der Waals surface area contributed by atoms with Crippen LogP contribution < -0.4 is 0 Å². The summed E-state index contributed by atoms with van der Waals surface area (Å²) in [5.41, 5.74) is 5.41. The van der Waals surface area contributed by atoms with Gasteiger partial charge in [0.25, 0.3) is 0 Å². The molecule has 0 heteroatoms. The number of benzene rings is 1. The van der Waals surface area contributed by atoms with Gasteiger partial charge in [0.15, 0.2) is 0 Å². The number of hydrogen-bond donors (Lipinski definition) is 0. The van der Waals surface area contributed by atoms with E-state index in [1.165, 1.54) is 35.1 Å². The van der Waals surface area contributed by atoms with Gasteiger partial charge in [-0.3, -0.25) is 0 Å². The molecular formula is C17H20. The second-order valence-electron chi connectivity index (χ2n) is 4.52. The van der Waals surface area contributed by atoms with Crippen molar-refractivity contribution in [3.05, 3.63) is 59.7 Å². The molecule has 0 saturated heterocycles. The lowest BCUT2D eigenvalue weighted by atomic mass is 9.96. The molecule has 0 nitrogen and oxygen atoms in total. The highest BCUT2D eigenvalue weighted by Gasteiger charge is 2.03. The summed E-state index contributed by atoms with van der Waals surface area (Å²) >= 11 is 0. The van der Waals surface area contributed by atoms with Crippen LogP contribution in [0.25, 0.3) is 11.1 Å². The van der Waals surface area contributed by atoms with E-state index in [0.717, 1.165) is 6.42 Å². The van der Waals surface area contributed by atoms with Crippen LogP contribution in [0.4, 0.5) is 0 Å². The van der Waals surface area contributed by atoms with Crippen LogP contribution in [0.5, 0.6) is 0 Å². The van der Waals surface area contributed by atoms with E-state index in [-0.39, 0.29) is 0 Å². The normalized spacial score (nSPS) is 15.9. The maximum Gasteiger partial charge on any atom is -0.0181 e. The van der Waals surface area contributed by atoms with Gasteiger partial charge < -0.3 is 0 Å². The second kappa shape index (κ2) is 5.67. The van der Waals surface area contributed by atoms with Crippen molar-refractivity contribution in [3.8, 4) is 0 Å². The molecule has 0 spiro atoms. The lowest BCUT2D eigenvalue weighted by Gasteiger charge is -2.09. The van der Waals surface area contributed by atoms with Gasteiger partial charge in [-0.05, 0) is 54.5 Å². The minimum Gasteiger partial charge on any atom is -0.0836 e. The van der Waals surface area contributed by atoms with Crippen LogP contribution >= 0.6 is 0 Å². The molecule has 0 saturated carbocycles. The van der Waals surface area contributed by atoms with Gasteiger partial charge in [-0.15, -0.1) is 0 Å². The summed E-state index contributed by atoms with van der Waals surface area (Å²) in [6, 6.07) is 8.84. The molecule has 1 aromatic rings. The van der Waals surface area contributed by atoms with Crippen molar-refractivity contribution in [2.45, 2.75) is 33.1 Å². The zero-order valence-corrected chi connectivity index (χ0v) is 10.7. The lowest BCUT2D eigenvalue weighted by Crippen LogP contribution is -1.88. The minimum atomic E-state index is 1.10. The largest absolute Gasteiger partial charge is 0.0836 e. The molecule has 0 atom stereocenters. The predicted octanol–water partition coefficient (Wildman–Crippen LogP) is 5.23. The number of rotatable bonds is 3. The maximum atomic E-state index is 2.33. The van der Waals surface area contributed by atoms with Crippen molar-refractivity contribution < 1.29 is 0 Å². The Kier molecular flexibility index (Phi) is 3.98. The second-order valence-corrected chi connectivity index (χ2v) is 4.52. The number of hydrogen-bond acceptors (Lipinski definition) is 0. The molecule has 1 aromatic carbocycles. The molecular weight excluding hydrogens is 204 g/mol. The van der Waals surface area contributed by atoms with Crippen LogP contribution in [0, 0.1) is 0 Å². The van der Waals surface area contributed by atoms with E-state index in [2.05, 4.69) is 62.4 Å². The van der Waals surface area contributed by atoms with Crippen molar-refractivity contribution in [2.75, 3.05) is 0 Å². The Balaban J connectivity index is 2.31. The topological polar surface area (TPSA) is 0 Å². The molecule has 0 bridgehead atoms. The summed E-state index contributed by atoms with van der Waals surface area (Å²) < 4.78 is 0. The van der Waals surface area contributed by atoms with Crippen molar-refractivity contribution >= 4 is 11.1 Å². The van der Waals surface area contributed by atoms with E-state index in [9.17, 15) is 0 Å². The fraction of sp³-hybridized carbons (Fsp3) is 0.294. The van der Waals surface area contributed by atoms with Crippen LogP contribution in [0.3, 0.4) is 0 Å². The molecule has 1 aliphatic rings. The molecule has 0 N–H and O–H groups in total. The van der Waals surface area contributed by atoms with Gasteiger partial charge in [0.2, 0.25) is 0 Å². The smallest absolute Gasteiger partial charge is 0.0181 e. The Labute approximate surface area is 104 Å². The van der Waals surface area contributed by atoms with Gasteiger partial charge in [0.05, 0.1) is 0 Å². The van der Waals surface area contributed by atoms with Crippen molar-refractivity contribution in [1.82, 2.24) is 0 Å². The van der Waals surface area contributed by atoms with Gasteiger partial charge in [0.1, 0.15) is 0 Å². The van der Waals surface area contributed by atoms with Crippen LogP contribution in [-0.2, 0) is 0 Å². The SMILES string of the molecule is CC/C=C(\C)c1cccc(C2=CCCC=C2)c1. The zero-order valence-electron chi connectivity index (χ0n) is 10.7. The Hall–Kier alpha value is -1.56. The highest BCUT2D eigenvalue weighted by molar-refractivity contribution is 5.77. The van der Waals surface area contributed by atoms with Gasteiger partial charge in [-0.25, -0.2) is 0 Å². The van der Waals surface area contributed by atoms with Gasteiger partial charge in [-0.2, -0.15) is 0 Å². The first-order valence-electron chi connectivity index (χ1n) is 6.45. The summed E-state index contributed by atoms with van der Waals surface area (Å²) in [4.78, 5) is 0. The van der Waals surface area contributed by atoms with E-state index in [0.29, 0.717) is 0 Å². The lowest BCUT2D eigenvalue weighted by molar-refractivity contribution is 1.04. The molecule has 0 amide bonds. The molecule has 0 aromatic heterocycles. The molecule has 88 valence electrons. The van der Waals surface area contributed by atoms with E-state index in [4.69, 9.17) is 0 Å². The van der Waals surface area contributed by atoms with Crippen LogP contribution in [0.1, 0.15) is 44.2 Å². The molecule has 1 aliphatic carbocycles. The molecule has 2 rings (SSSR count). The van der Waals surface area contributed by atoms with E-state index >= 15 is 0 Å². The first-order valence-corrected chi connectivity index (χ1v) is 6.45. The zero-order chi connectivity index (χ0) is 12.1. The summed E-state index contributed by atoms with van der Waals surface area (Å²) in [5.74, 6) is 0. The molecule has 0 radical (unpaired) electrons. The third-order valence-electron chi connectivity index (χ3n) is 3.16.